The summed E-state index contributed by atoms with van der Waals surface area (Å²) in [6, 6.07) is -0.379. The first kappa shape index (κ1) is 7.61. The van der Waals surface area contributed by atoms with Gasteiger partial charge in [0.05, 0.1) is 6.04 Å². The van der Waals surface area contributed by atoms with Crippen molar-refractivity contribution in [1.29, 1.82) is 0 Å². The molecule has 0 aromatic carbocycles. The molecule has 1 atom stereocenters. The summed E-state index contributed by atoms with van der Waals surface area (Å²) in [5.74, 6) is 0.0268. The third kappa shape index (κ3) is 1.71. The summed E-state index contributed by atoms with van der Waals surface area (Å²) in [6.07, 6.45) is 6.87. The predicted molar refractivity (Wildman–Crippen MR) is 36.5 cm³/mol. The van der Waals surface area contributed by atoms with Gasteiger partial charge < -0.3 is 10.1 Å². The number of Topliss-reactive ketones (excluding diaryl/α,β-unsaturated/α-hetero) is 1. The van der Waals surface area contributed by atoms with Gasteiger partial charge in [-0.25, -0.2) is 4.79 Å². The van der Waals surface area contributed by atoms with Crippen molar-refractivity contribution in [2.24, 2.45) is 0 Å². The van der Waals surface area contributed by atoms with Gasteiger partial charge in [0.2, 0.25) is 0 Å². The molecule has 0 unspecified atom stereocenters. The van der Waals surface area contributed by atoms with Crippen LogP contribution in [0.4, 0.5) is 4.79 Å². The Labute approximate surface area is 63.9 Å². The van der Waals surface area contributed by atoms with E-state index in [0.29, 0.717) is 12.8 Å². The van der Waals surface area contributed by atoms with Crippen molar-refractivity contribution >= 4 is 11.9 Å². The molecule has 0 radical (unpaired) electrons. The van der Waals surface area contributed by atoms with E-state index >= 15 is 0 Å². The first-order valence-electron chi connectivity index (χ1n) is 3.19. The van der Waals surface area contributed by atoms with Gasteiger partial charge in [0, 0.05) is 6.42 Å². The maximum absolute atomic E-state index is 10.6. The molecular formula is C7H7NO3. The zero-order chi connectivity index (χ0) is 8.27. The maximum atomic E-state index is 10.6. The largest absolute Gasteiger partial charge is 0.421 e. The molecule has 1 aliphatic carbocycles. The number of carbonyl (C=O) groups is 2. The number of rotatable bonds is 1. The van der Waals surface area contributed by atoms with E-state index in [0.717, 1.165) is 0 Å². The number of ketones is 1. The van der Waals surface area contributed by atoms with Crippen molar-refractivity contribution in [1.82, 2.24) is 5.32 Å². The molecule has 1 rings (SSSR count). The van der Waals surface area contributed by atoms with Gasteiger partial charge in [-0.3, -0.25) is 4.79 Å². The summed E-state index contributed by atoms with van der Waals surface area (Å²) in [6.45, 7) is 0. The number of alkyl carbamates (subject to hydrolysis) is 1. The summed E-state index contributed by atoms with van der Waals surface area (Å²) in [4.78, 5) is 21.2. The van der Waals surface area contributed by atoms with Crippen LogP contribution in [0.5, 0.6) is 0 Å². The fourth-order valence-electron chi connectivity index (χ4n) is 0.784. The summed E-state index contributed by atoms with van der Waals surface area (Å²) in [5.41, 5.74) is 0. The normalized spacial score (nSPS) is 21.4. The van der Waals surface area contributed by atoms with Crippen LogP contribution in [0.1, 0.15) is 12.8 Å². The van der Waals surface area contributed by atoms with Crippen molar-refractivity contribution < 1.29 is 14.3 Å². The lowest BCUT2D eigenvalue weighted by Crippen LogP contribution is -2.47. The first-order chi connectivity index (χ1) is 5.24. The highest BCUT2D eigenvalue weighted by Gasteiger charge is 2.29. The Kier molecular flexibility index (Phi) is 2.12. The molecule has 0 heterocycles. The Morgan fingerprint density at radius 3 is 2.91 bits per heavy atom. The highest BCUT2D eigenvalue weighted by molar-refractivity contribution is 5.92. The van der Waals surface area contributed by atoms with E-state index in [1.54, 1.807) is 6.11 Å². The Bertz CT molecular complexity index is 228. The molecule has 11 heavy (non-hydrogen) atoms. The molecule has 1 amide bonds. The smallest absolute Gasteiger partial charge is 0.356 e. The van der Waals surface area contributed by atoms with Gasteiger partial charge in [-0.1, -0.05) is 6.42 Å². The molecule has 1 aliphatic rings. The standard InChI is InChI=1S/C7H7NO3/c1-2-11-7(10)8-5-3-4-6(5)9/h1,5H,3-4H2,(H,8,10)/t5-/m0/s1. The average molecular weight is 153 g/mol. The maximum Gasteiger partial charge on any atom is 0.421 e. The Morgan fingerprint density at radius 2 is 2.55 bits per heavy atom. The second-order valence-corrected chi connectivity index (χ2v) is 2.21. The Balaban J connectivity index is 2.26. The number of hydrogen-bond acceptors (Lipinski definition) is 3. The molecule has 0 saturated heterocycles. The fraction of sp³-hybridized carbons (Fsp3) is 0.429. The van der Waals surface area contributed by atoms with Gasteiger partial charge in [-0.15, -0.1) is 0 Å². The van der Waals surface area contributed by atoms with Crippen LogP contribution < -0.4 is 5.32 Å². The van der Waals surface area contributed by atoms with Crippen molar-refractivity contribution in [2.45, 2.75) is 18.9 Å². The van der Waals surface area contributed by atoms with Gasteiger partial charge in [0.25, 0.3) is 0 Å². The van der Waals surface area contributed by atoms with Crippen LogP contribution in [-0.4, -0.2) is 17.9 Å². The third-order valence-corrected chi connectivity index (χ3v) is 1.51. The van der Waals surface area contributed by atoms with E-state index < -0.39 is 6.09 Å². The molecular weight excluding hydrogens is 146 g/mol. The van der Waals surface area contributed by atoms with Crippen LogP contribution in [0.2, 0.25) is 0 Å². The molecule has 1 fully saturated rings. The van der Waals surface area contributed by atoms with E-state index in [4.69, 9.17) is 0 Å². The first-order valence-corrected chi connectivity index (χ1v) is 3.19. The zero-order valence-electron chi connectivity index (χ0n) is 5.79. The van der Waals surface area contributed by atoms with Gasteiger partial charge in [0.1, 0.15) is 6.11 Å². The number of hydrogen-bond donors (Lipinski definition) is 1. The number of ether oxygens (including phenoxy) is 1. The molecule has 0 aliphatic heterocycles. The Morgan fingerprint density at radius 1 is 1.82 bits per heavy atom. The fourth-order valence-corrected chi connectivity index (χ4v) is 0.784. The lowest BCUT2D eigenvalue weighted by Gasteiger charge is -2.23. The molecule has 0 spiro atoms. The van der Waals surface area contributed by atoms with Crippen molar-refractivity contribution in [3.05, 3.63) is 0 Å². The third-order valence-electron chi connectivity index (χ3n) is 1.51. The van der Waals surface area contributed by atoms with E-state index in [2.05, 4.69) is 16.5 Å². The zero-order valence-corrected chi connectivity index (χ0v) is 5.79. The van der Waals surface area contributed by atoms with Gasteiger partial charge in [0.15, 0.2) is 5.78 Å². The van der Waals surface area contributed by atoms with Crippen molar-refractivity contribution in [3.63, 3.8) is 0 Å². The minimum Gasteiger partial charge on any atom is -0.356 e. The van der Waals surface area contributed by atoms with Crippen LogP contribution in [0, 0.1) is 12.5 Å². The average Bonchev–Trinajstić information content (AvgIpc) is 1.98. The molecule has 58 valence electrons. The molecule has 1 N–H and O–H groups in total. The lowest BCUT2D eigenvalue weighted by molar-refractivity contribution is -0.126. The molecule has 0 aromatic heterocycles. The Hall–Kier alpha value is -1.50. The van der Waals surface area contributed by atoms with Gasteiger partial charge in [-0.2, -0.15) is 0 Å². The summed E-state index contributed by atoms with van der Waals surface area (Å²) in [7, 11) is 0. The van der Waals surface area contributed by atoms with Gasteiger partial charge in [-0.05, 0) is 6.42 Å². The second-order valence-electron chi connectivity index (χ2n) is 2.21. The van der Waals surface area contributed by atoms with Crippen LogP contribution in [0.3, 0.4) is 0 Å². The van der Waals surface area contributed by atoms with Gasteiger partial charge >= 0.3 is 6.09 Å². The van der Waals surface area contributed by atoms with Crippen LogP contribution in [-0.2, 0) is 9.53 Å². The van der Waals surface area contributed by atoms with Crippen LogP contribution in [0.15, 0.2) is 0 Å². The van der Waals surface area contributed by atoms with Crippen LogP contribution >= 0.6 is 0 Å². The second kappa shape index (κ2) is 3.06. The molecule has 0 aromatic rings. The molecule has 0 bridgehead atoms. The summed E-state index contributed by atoms with van der Waals surface area (Å²) >= 11 is 0. The quantitative estimate of drug-likeness (QED) is 0.541. The summed E-state index contributed by atoms with van der Waals surface area (Å²) < 4.78 is 4.12. The van der Waals surface area contributed by atoms with E-state index in [1.165, 1.54) is 0 Å². The van der Waals surface area contributed by atoms with E-state index in [9.17, 15) is 9.59 Å². The molecule has 4 nitrogen and oxygen atoms in total. The molecule has 4 heteroatoms. The number of nitrogens with one attached hydrogen (secondary N) is 1. The summed E-state index contributed by atoms with van der Waals surface area (Å²) in [5, 5.41) is 2.31. The van der Waals surface area contributed by atoms with E-state index in [-0.39, 0.29) is 11.8 Å². The lowest BCUT2D eigenvalue weighted by atomic mass is 9.91. The topological polar surface area (TPSA) is 55.4 Å². The van der Waals surface area contributed by atoms with E-state index in [1.807, 2.05) is 0 Å². The molecule has 1 saturated carbocycles. The van der Waals surface area contributed by atoms with Crippen LogP contribution in [0.25, 0.3) is 0 Å². The number of terminal acetylenes is 1. The van der Waals surface area contributed by atoms with Crippen molar-refractivity contribution in [3.8, 4) is 12.5 Å². The predicted octanol–water partition coefficient (Wildman–Crippen LogP) is 0.0348. The highest BCUT2D eigenvalue weighted by Crippen LogP contribution is 2.13. The highest BCUT2D eigenvalue weighted by atomic mass is 16.5. The SMILES string of the molecule is C#COC(=O)N[C@H]1CCC1=O. The van der Waals surface area contributed by atoms with Crippen molar-refractivity contribution in [2.75, 3.05) is 0 Å². The number of carbonyl (C=O) groups excluding carboxylic acids is 2. The minimum absolute atomic E-state index is 0.0268. The monoisotopic (exact) mass is 153 g/mol. The number of amides is 1. The minimum atomic E-state index is -0.731.